The Morgan fingerprint density at radius 2 is 2.27 bits per heavy atom. The van der Waals surface area contributed by atoms with Gasteiger partial charge in [-0.3, -0.25) is 0 Å². The Labute approximate surface area is 92.6 Å². The summed E-state index contributed by atoms with van der Waals surface area (Å²) < 4.78 is 0. The molecule has 0 aromatic rings. The van der Waals surface area contributed by atoms with Crippen LogP contribution in [-0.2, 0) is 0 Å². The molecule has 0 aromatic heterocycles. The van der Waals surface area contributed by atoms with Gasteiger partial charge < -0.3 is 15.7 Å². The van der Waals surface area contributed by atoms with Crippen molar-refractivity contribution in [3.8, 4) is 0 Å². The molecule has 1 saturated carbocycles. The molecule has 3 N–H and O–H groups in total. The van der Waals surface area contributed by atoms with Gasteiger partial charge in [0.15, 0.2) is 0 Å². The molecule has 0 spiro atoms. The average molecular weight is 212 g/mol. The van der Waals surface area contributed by atoms with Crippen molar-refractivity contribution >= 4 is 0 Å². The van der Waals surface area contributed by atoms with Crippen LogP contribution >= 0.6 is 0 Å². The molecule has 2 aliphatic rings. The van der Waals surface area contributed by atoms with E-state index in [1.165, 1.54) is 32.2 Å². The third-order valence-electron chi connectivity index (χ3n) is 4.35. The summed E-state index contributed by atoms with van der Waals surface area (Å²) in [5.41, 5.74) is 5.79. The number of hydrogen-bond acceptors (Lipinski definition) is 3. The Kier molecular flexibility index (Phi) is 3.65. The molecule has 0 radical (unpaired) electrons. The second kappa shape index (κ2) is 4.81. The summed E-state index contributed by atoms with van der Waals surface area (Å²) in [5.74, 6) is 0.744. The van der Waals surface area contributed by atoms with E-state index in [0.29, 0.717) is 6.61 Å². The first-order valence-electron chi connectivity index (χ1n) is 6.34. The standard InChI is InChI=1S/C12H24N2O/c13-6-3-7-14-8-11-4-1-2-5-12(11,9-14)10-15/h11,15H,1-10,13H2/t11-,12-/m0/s1. The van der Waals surface area contributed by atoms with Crippen molar-refractivity contribution in [1.29, 1.82) is 0 Å². The predicted molar refractivity (Wildman–Crippen MR) is 61.6 cm³/mol. The van der Waals surface area contributed by atoms with Gasteiger partial charge in [-0.15, -0.1) is 0 Å². The third kappa shape index (κ3) is 2.19. The van der Waals surface area contributed by atoms with E-state index < -0.39 is 0 Å². The molecular weight excluding hydrogens is 188 g/mol. The summed E-state index contributed by atoms with van der Waals surface area (Å²) in [6.07, 6.45) is 6.31. The molecule has 2 fully saturated rings. The van der Waals surface area contributed by atoms with Gasteiger partial charge >= 0.3 is 0 Å². The van der Waals surface area contributed by atoms with Gasteiger partial charge in [-0.2, -0.15) is 0 Å². The van der Waals surface area contributed by atoms with Gasteiger partial charge in [0.1, 0.15) is 0 Å². The lowest BCUT2D eigenvalue weighted by molar-refractivity contribution is 0.0583. The summed E-state index contributed by atoms with van der Waals surface area (Å²) in [5, 5.41) is 9.64. The molecule has 3 heteroatoms. The molecule has 0 amide bonds. The molecule has 3 nitrogen and oxygen atoms in total. The maximum atomic E-state index is 9.64. The molecule has 2 rings (SSSR count). The second-order valence-electron chi connectivity index (χ2n) is 5.34. The van der Waals surface area contributed by atoms with Gasteiger partial charge in [-0.1, -0.05) is 12.8 Å². The smallest absolute Gasteiger partial charge is 0.0502 e. The summed E-state index contributed by atoms with van der Waals surface area (Å²) in [6, 6.07) is 0. The zero-order valence-corrected chi connectivity index (χ0v) is 9.62. The van der Waals surface area contributed by atoms with Crippen molar-refractivity contribution in [3.63, 3.8) is 0 Å². The van der Waals surface area contributed by atoms with Crippen LogP contribution in [0.5, 0.6) is 0 Å². The second-order valence-corrected chi connectivity index (χ2v) is 5.34. The van der Waals surface area contributed by atoms with Crippen molar-refractivity contribution in [2.75, 3.05) is 32.8 Å². The fraction of sp³-hybridized carbons (Fsp3) is 1.00. The van der Waals surface area contributed by atoms with Gasteiger partial charge in [0.2, 0.25) is 0 Å². The summed E-state index contributed by atoms with van der Waals surface area (Å²) in [7, 11) is 0. The van der Waals surface area contributed by atoms with Crippen LogP contribution in [0.3, 0.4) is 0 Å². The number of hydrogen-bond donors (Lipinski definition) is 2. The average Bonchev–Trinajstić information content (AvgIpc) is 2.65. The molecule has 2 atom stereocenters. The van der Waals surface area contributed by atoms with Gasteiger partial charge in [-0.25, -0.2) is 0 Å². The topological polar surface area (TPSA) is 49.5 Å². The Morgan fingerprint density at radius 3 is 2.93 bits per heavy atom. The van der Waals surface area contributed by atoms with Crippen LogP contribution in [0.2, 0.25) is 0 Å². The van der Waals surface area contributed by atoms with Crippen LogP contribution in [-0.4, -0.2) is 42.8 Å². The Balaban J connectivity index is 1.95. The van der Waals surface area contributed by atoms with Crippen molar-refractivity contribution in [3.05, 3.63) is 0 Å². The zero-order valence-electron chi connectivity index (χ0n) is 9.62. The highest BCUT2D eigenvalue weighted by molar-refractivity contribution is 4.98. The summed E-state index contributed by atoms with van der Waals surface area (Å²) in [4.78, 5) is 2.51. The summed E-state index contributed by atoms with van der Waals surface area (Å²) >= 11 is 0. The zero-order chi connectivity index (χ0) is 10.7. The van der Waals surface area contributed by atoms with E-state index in [2.05, 4.69) is 4.90 Å². The van der Waals surface area contributed by atoms with Crippen molar-refractivity contribution < 1.29 is 5.11 Å². The van der Waals surface area contributed by atoms with Crippen LogP contribution < -0.4 is 5.73 Å². The minimum atomic E-state index is 0.243. The predicted octanol–water partition coefficient (Wildman–Crippen LogP) is 0.820. The lowest BCUT2D eigenvalue weighted by Crippen LogP contribution is -2.37. The first kappa shape index (κ1) is 11.4. The normalized spacial score (nSPS) is 36.8. The van der Waals surface area contributed by atoms with Gasteiger partial charge in [-0.05, 0) is 38.3 Å². The van der Waals surface area contributed by atoms with E-state index in [1.807, 2.05) is 0 Å². The number of aliphatic hydroxyl groups excluding tert-OH is 1. The lowest BCUT2D eigenvalue weighted by Gasteiger charge is -2.37. The first-order valence-corrected chi connectivity index (χ1v) is 6.34. The third-order valence-corrected chi connectivity index (χ3v) is 4.35. The Morgan fingerprint density at radius 1 is 1.40 bits per heavy atom. The van der Waals surface area contributed by atoms with Gasteiger partial charge in [0.05, 0.1) is 6.61 Å². The number of fused-ring (bicyclic) bond motifs is 1. The minimum Gasteiger partial charge on any atom is -0.396 e. The highest BCUT2D eigenvalue weighted by atomic mass is 16.3. The lowest BCUT2D eigenvalue weighted by atomic mass is 9.69. The molecule has 1 aliphatic carbocycles. The SMILES string of the molecule is NCCCN1C[C@@H]2CCCC[C@@]2(CO)C1. The molecule has 15 heavy (non-hydrogen) atoms. The highest BCUT2D eigenvalue weighted by Gasteiger charge is 2.46. The van der Waals surface area contributed by atoms with E-state index in [1.54, 1.807) is 0 Å². The van der Waals surface area contributed by atoms with Crippen LogP contribution in [0, 0.1) is 11.3 Å². The Hall–Kier alpha value is -0.120. The van der Waals surface area contributed by atoms with Crippen molar-refractivity contribution in [2.45, 2.75) is 32.1 Å². The van der Waals surface area contributed by atoms with E-state index in [4.69, 9.17) is 5.73 Å². The highest BCUT2D eigenvalue weighted by Crippen LogP contribution is 2.46. The fourth-order valence-corrected chi connectivity index (χ4v) is 3.44. The van der Waals surface area contributed by atoms with Gasteiger partial charge in [0.25, 0.3) is 0 Å². The van der Waals surface area contributed by atoms with Crippen molar-refractivity contribution in [1.82, 2.24) is 4.90 Å². The number of aliphatic hydroxyl groups is 1. The summed E-state index contributed by atoms with van der Waals surface area (Å²) in [6.45, 7) is 4.59. The molecule has 0 unspecified atom stereocenters. The van der Waals surface area contributed by atoms with Gasteiger partial charge in [0, 0.05) is 18.5 Å². The van der Waals surface area contributed by atoms with Crippen LogP contribution in [0.1, 0.15) is 32.1 Å². The van der Waals surface area contributed by atoms with Crippen LogP contribution in [0.25, 0.3) is 0 Å². The maximum Gasteiger partial charge on any atom is 0.0502 e. The fourth-order valence-electron chi connectivity index (χ4n) is 3.44. The quantitative estimate of drug-likeness (QED) is 0.725. The monoisotopic (exact) mass is 212 g/mol. The largest absolute Gasteiger partial charge is 0.396 e. The van der Waals surface area contributed by atoms with E-state index in [0.717, 1.165) is 32.0 Å². The number of likely N-dealkylation sites (tertiary alicyclic amines) is 1. The molecule has 1 heterocycles. The molecule has 0 bridgehead atoms. The maximum absolute atomic E-state index is 9.64. The van der Waals surface area contributed by atoms with E-state index in [-0.39, 0.29) is 5.41 Å². The molecule has 88 valence electrons. The Bertz CT molecular complexity index is 210. The number of nitrogens with two attached hydrogens (primary N) is 1. The number of rotatable bonds is 4. The van der Waals surface area contributed by atoms with E-state index in [9.17, 15) is 5.11 Å². The van der Waals surface area contributed by atoms with E-state index >= 15 is 0 Å². The van der Waals surface area contributed by atoms with Crippen molar-refractivity contribution in [2.24, 2.45) is 17.1 Å². The molecule has 1 saturated heterocycles. The molecular formula is C12H24N2O. The number of nitrogens with zero attached hydrogens (tertiary/aromatic N) is 1. The molecule has 1 aliphatic heterocycles. The first-order chi connectivity index (χ1) is 7.30. The van der Waals surface area contributed by atoms with Crippen LogP contribution in [0.4, 0.5) is 0 Å². The van der Waals surface area contributed by atoms with Crippen LogP contribution in [0.15, 0.2) is 0 Å². The molecule has 0 aromatic carbocycles. The minimum absolute atomic E-state index is 0.243.